The first kappa shape index (κ1) is 87.8. The van der Waals surface area contributed by atoms with E-state index in [1.54, 1.807) is 0 Å². The van der Waals surface area contributed by atoms with Crippen molar-refractivity contribution in [3.63, 3.8) is 0 Å². The van der Waals surface area contributed by atoms with Crippen molar-refractivity contribution in [1.82, 2.24) is 0 Å². The van der Waals surface area contributed by atoms with E-state index in [9.17, 15) is 0 Å². The topological polar surface area (TPSA) is 90.0 Å². The standard InChI is InChI=1S/Bi.Na.2H2O.O.W.Zn/h;;2*1H2;;;/q+3;+1;;;-2;;+2/p-1. The number of hydrogen-bond acceptors (Lipinski definition) is 1. The van der Waals surface area contributed by atoms with Crippen LogP contribution in [-0.2, 0) is 46.0 Å². The van der Waals surface area contributed by atoms with Crippen LogP contribution in [0.3, 0.4) is 0 Å². The van der Waals surface area contributed by atoms with Crippen LogP contribution in [0, 0.1) is 0 Å². The van der Waals surface area contributed by atoms with Gasteiger partial charge in [0.15, 0.2) is 0 Å². The minimum atomic E-state index is 0. The maximum Gasteiger partial charge on any atom is 3.00 e. The van der Waals surface area contributed by atoms with Crippen molar-refractivity contribution in [2.75, 3.05) is 0 Å². The summed E-state index contributed by atoms with van der Waals surface area (Å²) in [5.41, 5.74) is 0. The Hall–Kier alpha value is 3.07. The summed E-state index contributed by atoms with van der Waals surface area (Å²) in [6, 6.07) is 0. The van der Waals surface area contributed by atoms with Crippen molar-refractivity contribution in [2.24, 2.45) is 0 Å². The van der Waals surface area contributed by atoms with Crippen LogP contribution in [0.1, 0.15) is 0 Å². The molecule has 0 rings (SSSR count). The van der Waals surface area contributed by atoms with Gasteiger partial charge in [-0.2, -0.15) is 0 Å². The summed E-state index contributed by atoms with van der Waals surface area (Å²) in [6.07, 6.45) is 0. The van der Waals surface area contributed by atoms with E-state index in [1.165, 1.54) is 0 Å². The molecule has 0 saturated carbocycles. The first-order valence-corrected chi connectivity index (χ1v) is 0. The average molecular weight is 532 g/mol. The Morgan fingerprint density at radius 2 is 1.00 bits per heavy atom. The van der Waals surface area contributed by atoms with Crippen LogP contribution in [0.15, 0.2) is 0 Å². The fraction of sp³-hybridized carbons (Fsp3) is 0. The smallest absolute Gasteiger partial charge is 2.00 e. The Morgan fingerprint density at radius 1 is 1.00 bits per heavy atom. The molecule has 0 aliphatic rings. The molecule has 0 unspecified atom stereocenters. The van der Waals surface area contributed by atoms with Crippen LogP contribution >= 0.6 is 0 Å². The predicted molar refractivity (Wildman–Crippen MR) is 12.0 cm³/mol. The second-order valence-corrected chi connectivity index (χ2v) is 0. The Kier molecular flexibility index (Phi) is 785. The normalized spacial score (nSPS) is 0. The second kappa shape index (κ2) is 62.6. The zero-order chi connectivity index (χ0) is 0. The van der Waals surface area contributed by atoms with Gasteiger partial charge in [0.25, 0.3) is 0 Å². The Labute approximate surface area is 111 Å². The third-order valence-corrected chi connectivity index (χ3v) is 0. The SMILES string of the molecule is O.[Bi+3].[Na+].[O-2].[OH-].[W].[Zn+2]. The molecule has 0 aliphatic heterocycles. The van der Waals surface area contributed by atoms with Crippen molar-refractivity contribution >= 4 is 26.2 Å². The summed E-state index contributed by atoms with van der Waals surface area (Å²) in [5, 5.41) is 0. The van der Waals surface area contributed by atoms with E-state index >= 15 is 0 Å². The third-order valence-electron chi connectivity index (χ3n) is 0. The molecule has 0 saturated heterocycles. The van der Waals surface area contributed by atoms with Gasteiger partial charge in [-0.15, -0.1) is 0 Å². The zero-order valence-electron chi connectivity index (χ0n) is 3.92. The summed E-state index contributed by atoms with van der Waals surface area (Å²) >= 11 is 0. The average Bonchev–Trinajstić information content (AvgIpc) is 0. The maximum absolute atomic E-state index is 0. The van der Waals surface area contributed by atoms with Gasteiger partial charge >= 0.3 is 75.2 Å². The van der Waals surface area contributed by atoms with Gasteiger partial charge in [0.1, 0.15) is 0 Å². The number of hydrogen-bond donors (Lipinski definition) is 0. The maximum atomic E-state index is 0. The van der Waals surface area contributed by atoms with Crippen LogP contribution in [0.5, 0.6) is 0 Å². The molecule has 3 N–H and O–H groups in total. The summed E-state index contributed by atoms with van der Waals surface area (Å²) in [5.74, 6) is 0. The monoisotopic (exact) mass is 531 g/mol. The van der Waals surface area contributed by atoms with Crippen molar-refractivity contribution in [2.45, 2.75) is 0 Å². The van der Waals surface area contributed by atoms with E-state index in [1.807, 2.05) is 0 Å². The van der Waals surface area contributed by atoms with E-state index in [4.69, 9.17) is 0 Å². The summed E-state index contributed by atoms with van der Waals surface area (Å²) < 4.78 is 0. The molecule has 2 radical (unpaired) electrons. The quantitative estimate of drug-likeness (QED) is 0.290. The molecule has 7 heavy (non-hydrogen) atoms. The minimum absolute atomic E-state index is 0. The molecular formula is H3BiNaO3WZn+3. The molecular weight excluding hydrogens is 529 g/mol. The molecule has 0 amide bonds. The molecule has 0 aromatic carbocycles. The fourth-order valence-electron chi connectivity index (χ4n) is 0. The van der Waals surface area contributed by atoms with Crippen LogP contribution in [0.25, 0.3) is 0 Å². The van der Waals surface area contributed by atoms with Gasteiger partial charge in [-0.3, -0.25) is 0 Å². The van der Waals surface area contributed by atoms with Crippen LogP contribution in [-0.4, -0.2) is 37.2 Å². The van der Waals surface area contributed by atoms with Crippen molar-refractivity contribution in [3.05, 3.63) is 0 Å². The van der Waals surface area contributed by atoms with E-state index in [0.717, 1.165) is 0 Å². The van der Waals surface area contributed by atoms with Gasteiger partial charge in [0.2, 0.25) is 0 Å². The van der Waals surface area contributed by atoms with E-state index in [0.29, 0.717) is 0 Å². The number of rotatable bonds is 0. The molecule has 0 spiro atoms. The first-order chi connectivity index (χ1) is 0. The zero-order valence-corrected chi connectivity index (χ0v) is 15.3. The molecule has 7 heteroatoms. The van der Waals surface area contributed by atoms with Gasteiger partial charge in [-0.1, -0.05) is 0 Å². The summed E-state index contributed by atoms with van der Waals surface area (Å²) in [6.45, 7) is 0. The minimum Gasteiger partial charge on any atom is -2.00 e. The van der Waals surface area contributed by atoms with E-state index < -0.39 is 0 Å². The molecule has 0 atom stereocenters. The van der Waals surface area contributed by atoms with Crippen molar-refractivity contribution in [3.8, 4) is 0 Å². The largest absolute Gasteiger partial charge is 3.00 e. The summed E-state index contributed by atoms with van der Waals surface area (Å²) in [7, 11) is 0. The van der Waals surface area contributed by atoms with Crippen LogP contribution in [0.2, 0.25) is 0 Å². The molecule has 0 heterocycles. The Bertz CT molecular complexity index is 14.9. The van der Waals surface area contributed by atoms with Crippen LogP contribution in [0.4, 0.5) is 0 Å². The fourth-order valence-corrected chi connectivity index (χ4v) is 0. The Balaban J connectivity index is 0. The predicted octanol–water partition coefficient (Wildman–Crippen LogP) is -4.50. The summed E-state index contributed by atoms with van der Waals surface area (Å²) in [4.78, 5) is 0. The Morgan fingerprint density at radius 3 is 1.00 bits per heavy atom. The van der Waals surface area contributed by atoms with Gasteiger partial charge < -0.3 is 16.4 Å². The second-order valence-electron chi connectivity index (χ2n) is 0. The molecule has 0 fully saturated rings. The van der Waals surface area contributed by atoms with E-state index in [2.05, 4.69) is 0 Å². The molecule has 0 aromatic heterocycles. The van der Waals surface area contributed by atoms with Gasteiger partial charge in [-0.05, 0) is 0 Å². The van der Waals surface area contributed by atoms with Gasteiger partial charge in [0.05, 0.1) is 0 Å². The van der Waals surface area contributed by atoms with E-state index in [-0.39, 0.29) is 113 Å². The molecule has 3 nitrogen and oxygen atoms in total. The molecule has 0 bridgehead atoms. The first-order valence-electron chi connectivity index (χ1n) is 0. The molecule has 0 aliphatic carbocycles. The molecule has 32 valence electrons. The van der Waals surface area contributed by atoms with Crippen LogP contribution < -0.4 is 29.6 Å². The molecule has 0 aromatic rings. The van der Waals surface area contributed by atoms with Crippen molar-refractivity contribution < 1.29 is 86.5 Å². The third kappa shape index (κ3) is 48.0. The van der Waals surface area contributed by atoms with Crippen molar-refractivity contribution in [1.29, 1.82) is 0 Å². The van der Waals surface area contributed by atoms with Gasteiger partial charge in [0, 0.05) is 21.1 Å². The van der Waals surface area contributed by atoms with Gasteiger partial charge in [-0.25, -0.2) is 0 Å².